The normalized spacial score (nSPS) is 17.2. The molecule has 112 valence electrons. The van der Waals surface area contributed by atoms with E-state index < -0.39 is 0 Å². The van der Waals surface area contributed by atoms with E-state index in [4.69, 9.17) is 4.74 Å². The molecule has 0 radical (unpaired) electrons. The SMILES string of the molecule is CNc1ncnc(NCC2(N(C)C)CCCC2)c1OC. The third kappa shape index (κ3) is 2.80. The molecule has 0 atom stereocenters. The van der Waals surface area contributed by atoms with Crippen LogP contribution in [0.15, 0.2) is 6.33 Å². The van der Waals surface area contributed by atoms with Gasteiger partial charge in [0.05, 0.1) is 7.11 Å². The topological polar surface area (TPSA) is 62.3 Å². The second-order valence-corrected chi connectivity index (χ2v) is 5.53. The predicted octanol–water partition coefficient (Wildman–Crippen LogP) is 1.81. The molecule has 0 bridgehead atoms. The van der Waals surface area contributed by atoms with Gasteiger partial charge in [-0.2, -0.15) is 0 Å². The Morgan fingerprint density at radius 1 is 1.25 bits per heavy atom. The van der Waals surface area contributed by atoms with Crippen LogP contribution in [0.3, 0.4) is 0 Å². The first-order valence-corrected chi connectivity index (χ1v) is 7.11. The van der Waals surface area contributed by atoms with Crippen molar-refractivity contribution in [1.82, 2.24) is 14.9 Å². The summed E-state index contributed by atoms with van der Waals surface area (Å²) in [5, 5.41) is 6.47. The second kappa shape index (κ2) is 6.26. The van der Waals surface area contributed by atoms with Crippen molar-refractivity contribution in [3.05, 3.63) is 6.33 Å². The van der Waals surface area contributed by atoms with Crippen molar-refractivity contribution < 1.29 is 4.74 Å². The number of nitrogens with one attached hydrogen (secondary N) is 2. The van der Waals surface area contributed by atoms with E-state index >= 15 is 0 Å². The van der Waals surface area contributed by atoms with Crippen LogP contribution in [0.25, 0.3) is 0 Å². The molecular formula is C14H25N5O. The molecule has 0 spiro atoms. The maximum Gasteiger partial charge on any atom is 0.204 e. The molecule has 1 heterocycles. The molecule has 1 aliphatic carbocycles. The van der Waals surface area contributed by atoms with E-state index in [2.05, 4.69) is 39.6 Å². The molecule has 1 aliphatic rings. The summed E-state index contributed by atoms with van der Waals surface area (Å²) in [6, 6.07) is 0. The van der Waals surface area contributed by atoms with Crippen molar-refractivity contribution in [2.45, 2.75) is 31.2 Å². The predicted molar refractivity (Wildman–Crippen MR) is 81.5 cm³/mol. The van der Waals surface area contributed by atoms with Gasteiger partial charge in [0.2, 0.25) is 5.75 Å². The average Bonchev–Trinajstić information content (AvgIpc) is 2.94. The van der Waals surface area contributed by atoms with E-state index in [1.807, 2.05) is 7.05 Å². The molecule has 0 aliphatic heterocycles. The molecule has 6 heteroatoms. The van der Waals surface area contributed by atoms with Gasteiger partial charge in [0.15, 0.2) is 11.6 Å². The lowest BCUT2D eigenvalue weighted by atomic mass is 9.96. The van der Waals surface area contributed by atoms with Crippen LogP contribution in [0.5, 0.6) is 5.75 Å². The maximum absolute atomic E-state index is 5.41. The number of anilines is 2. The van der Waals surface area contributed by atoms with Gasteiger partial charge in [-0.3, -0.25) is 0 Å². The Kier molecular flexibility index (Phi) is 4.65. The molecule has 2 rings (SSSR count). The van der Waals surface area contributed by atoms with Gasteiger partial charge in [-0.25, -0.2) is 9.97 Å². The van der Waals surface area contributed by atoms with Crippen molar-refractivity contribution in [1.29, 1.82) is 0 Å². The van der Waals surface area contributed by atoms with E-state index in [1.54, 1.807) is 13.4 Å². The highest BCUT2D eigenvalue weighted by Gasteiger charge is 2.36. The first-order valence-electron chi connectivity index (χ1n) is 7.11. The van der Waals surface area contributed by atoms with Crippen LogP contribution in [0.1, 0.15) is 25.7 Å². The fraction of sp³-hybridized carbons (Fsp3) is 0.714. The summed E-state index contributed by atoms with van der Waals surface area (Å²) < 4.78 is 5.41. The quantitative estimate of drug-likeness (QED) is 0.828. The van der Waals surface area contributed by atoms with Crippen LogP contribution in [-0.4, -0.2) is 55.2 Å². The second-order valence-electron chi connectivity index (χ2n) is 5.53. The number of methoxy groups -OCH3 is 1. The van der Waals surface area contributed by atoms with Crippen molar-refractivity contribution >= 4 is 11.6 Å². The Balaban J connectivity index is 2.14. The summed E-state index contributed by atoms with van der Waals surface area (Å²) in [6.07, 6.45) is 6.58. The molecule has 0 unspecified atom stereocenters. The molecule has 0 aromatic carbocycles. The molecule has 1 fully saturated rings. The summed E-state index contributed by atoms with van der Waals surface area (Å²) in [5.41, 5.74) is 0.218. The fourth-order valence-corrected chi connectivity index (χ4v) is 2.93. The molecule has 6 nitrogen and oxygen atoms in total. The monoisotopic (exact) mass is 279 g/mol. The van der Waals surface area contributed by atoms with Gasteiger partial charge in [-0.1, -0.05) is 12.8 Å². The highest BCUT2D eigenvalue weighted by atomic mass is 16.5. The molecule has 1 aromatic heterocycles. The minimum absolute atomic E-state index is 0.218. The molecule has 1 aromatic rings. The van der Waals surface area contributed by atoms with Gasteiger partial charge in [-0.05, 0) is 26.9 Å². The van der Waals surface area contributed by atoms with Crippen LogP contribution in [0.4, 0.5) is 11.6 Å². The molecule has 0 amide bonds. The third-order valence-electron chi connectivity index (χ3n) is 4.31. The van der Waals surface area contributed by atoms with Gasteiger partial charge in [0.25, 0.3) is 0 Å². The van der Waals surface area contributed by atoms with Crippen molar-refractivity contribution in [2.24, 2.45) is 0 Å². The van der Waals surface area contributed by atoms with Crippen LogP contribution in [-0.2, 0) is 0 Å². The Morgan fingerprint density at radius 2 is 1.90 bits per heavy atom. The van der Waals surface area contributed by atoms with Gasteiger partial charge in [0, 0.05) is 19.1 Å². The zero-order valence-corrected chi connectivity index (χ0v) is 12.9. The minimum Gasteiger partial charge on any atom is -0.490 e. The smallest absolute Gasteiger partial charge is 0.204 e. The Bertz CT molecular complexity index is 443. The third-order valence-corrected chi connectivity index (χ3v) is 4.31. The Hall–Kier alpha value is -1.56. The molecule has 0 saturated heterocycles. The van der Waals surface area contributed by atoms with E-state index in [0.717, 1.165) is 12.4 Å². The van der Waals surface area contributed by atoms with Crippen LogP contribution in [0.2, 0.25) is 0 Å². The summed E-state index contributed by atoms with van der Waals surface area (Å²) in [4.78, 5) is 10.8. The van der Waals surface area contributed by atoms with Gasteiger partial charge < -0.3 is 20.3 Å². The minimum atomic E-state index is 0.218. The lowest BCUT2D eigenvalue weighted by molar-refractivity contribution is 0.172. The number of hydrogen-bond donors (Lipinski definition) is 2. The molecule has 1 saturated carbocycles. The number of aromatic nitrogens is 2. The first-order chi connectivity index (χ1) is 9.63. The first kappa shape index (κ1) is 14.8. The summed E-state index contributed by atoms with van der Waals surface area (Å²) in [7, 11) is 7.78. The highest BCUT2D eigenvalue weighted by Crippen LogP contribution is 2.35. The van der Waals surface area contributed by atoms with Crippen LogP contribution in [0, 0.1) is 0 Å². The average molecular weight is 279 g/mol. The number of nitrogens with zero attached hydrogens (tertiary/aromatic N) is 3. The number of hydrogen-bond acceptors (Lipinski definition) is 6. The van der Waals surface area contributed by atoms with Gasteiger partial charge >= 0.3 is 0 Å². The standard InChI is InChI=1S/C14H25N5O/c1-15-12-11(20-4)13(18-10-17-12)16-9-14(19(2)3)7-5-6-8-14/h10H,5-9H2,1-4H3,(H2,15,16,17,18). The molecular weight excluding hydrogens is 254 g/mol. The summed E-state index contributed by atoms with van der Waals surface area (Å²) in [6.45, 7) is 0.872. The zero-order valence-electron chi connectivity index (χ0n) is 12.9. The van der Waals surface area contributed by atoms with Crippen LogP contribution < -0.4 is 15.4 Å². The maximum atomic E-state index is 5.41. The summed E-state index contributed by atoms with van der Waals surface area (Å²) >= 11 is 0. The Morgan fingerprint density at radius 3 is 2.45 bits per heavy atom. The van der Waals surface area contributed by atoms with E-state index in [9.17, 15) is 0 Å². The Labute approximate surface area is 120 Å². The number of rotatable bonds is 6. The van der Waals surface area contributed by atoms with Crippen molar-refractivity contribution in [3.8, 4) is 5.75 Å². The van der Waals surface area contributed by atoms with Gasteiger partial charge in [0.1, 0.15) is 6.33 Å². The van der Waals surface area contributed by atoms with E-state index in [0.29, 0.717) is 11.6 Å². The number of likely N-dealkylation sites (N-methyl/N-ethyl adjacent to an activating group) is 1. The molecule has 20 heavy (non-hydrogen) atoms. The zero-order chi connectivity index (χ0) is 14.6. The van der Waals surface area contributed by atoms with E-state index in [-0.39, 0.29) is 5.54 Å². The molecule has 2 N–H and O–H groups in total. The highest BCUT2D eigenvalue weighted by molar-refractivity contribution is 5.63. The fourth-order valence-electron chi connectivity index (χ4n) is 2.93. The summed E-state index contributed by atoms with van der Waals surface area (Å²) in [5.74, 6) is 2.12. The van der Waals surface area contributed by atoms with Gasteiger partial charge in [-0.15, -0.1) is 0 Å². The number of ether oxygens (including phenoxy) is 1. The van der Waals surface area contributed by atoms with Crippen molar-refractivity contribution in [2.75, 3.05) is 45.4 Å². The largest absolute Gasteiger partial charge is 0.490 e. The van der Waals surface area contributed by atoms with E-state index in [1.165, 1.54) is 25.7 Å². The lowest BCUT2D eigenvalue weighted by Gasteiger charge is -2.36. The van der Waals surface area contributed by atoms with Crippen molar-refractivity contribution in [3.63, 3.8) is 0 Å². The lowest BCUT2D eigenvalue weighted by Crippen LogP contribution is -2.47. The van der Waals surface area contributed by atoms with Crippen LogP contribution >= 0.6 is 0 Å².